The van der Waals surface area contributed by atoms with Crippen LogP contribution in [0.1, 0.15) is 5.56 Å². The first-order chi connectivity index (χ1) is 8.22. The molecule has 0 aromatic heterocycles. The summed E-state index contributed by atoms with van der Waals surface area (Å²) < 4.78 is 0. The standard InChI is InChI=1S/C14H10N2O/c15-9-14(10-16)7-6-12(8-13(14)17)11-4-2-1-3-5-11/h1-8,13,17H. The van der Waals surface area contributed by atoms with Gasteiger partial charge in [0.05, 0.1) is 12.1 Å². The minimum absolute atomic E-state index is 0.819. The molecule has 1 N–H and O–H groups in total. The monoisotopic (exact) mass is 222 g/mol. The van der Waals surface area contributed by atoms with E-state index in [0.717, 1.165) is 11.1 Å². The van der Waals surface area contributed by atoms with Crippen LogP contribution in [0.4, 0.5) is 0 Å². The average Bonchev–Trinajstić information content (AvgIpc) is 2.40. The predicted molar refractivity (Wildman–Crippen MR) is 63.2 cm³/mol. The third kappa shape index (κ3) is 1.85. The van der Waals surface area contributed by atoms with Crippen LogP contribution in [0.15, 0.2) is 48.6 Å². The molecule has 0 radical (unpaired) electrons. The maximum absolute atomic E-state index is 9.88. The Morgan fingerprint density at radius 1 is 1.12 bits per heavy atom. The Hall–Kier alpha value is -2.36. The van der Waals surface area contributed by atoms with Crippen molar-refractivity contribution in [1.82, 2.24) is 0 Å². The Labute approximate surface area is 99.5 Å². The SMILES string of the molecule is N#CC1(C#N)C=CC(c2ccccc2)=CC1O. The Morgan fingerprint density at radius 2 is 1.76 bits per heavy atom. The van der Waals surface area contributed by atoms with Crippen molar-refractivity contribution in [2.75, 3.05) is 0 Å². The molecule has 3 nitrogen and oxygen atoms in total. The van der Waals surface area contributed by atoms with Gasteiger partial charge < -0.3 is 5.11 Å². The number of hydrogen-bond acceptors (Lipinski definition) is 3. The Bertz CT molecular complexity index is 544. The zero-order valence-electron chi connectivity index (χ0n) is 9.04. The number of benzene rings is 1. The third-order valence-electron chi connectivity index (χ3n) is 2.81. The van der Waals surface area contributed by atoms with E-state index >= 15 is 0 Å². The van der Waals surface area contributed by atoms with Crippen molar-refractivity contribution < 1.29 is 5.11 Å². The second kappa shape index (κ2) is 4.25. The number of aliphatic hydroxyl groups excluding tert-OH is 1. The van der Waals surface area contributed by atoms with E-state index in [1.807, 2.05) is 42.5 Å². The van der Waals surface area contributed by atoms with E-state index in [1.54, 1.807) is 12.2 Å². The van der Waals surface area contributed by atoms with Crippen LogP contribution >= 0.6 is 0 Å². The molecule has 0 aliphatic heterocycles. The number of rotatable bonds is 1. The van der Waals surface area contributed by atoms with Gasteiger partial charge in [-0.15, -0.1) is 0 Å². The molecule has 1 aliphatic carbocycles. The van der Waals surface area contributed by atoms with E-state index in [0.29, 0.717) is 0 Å². The zero-order chi connectivity index (χ0) is 12.3. The highest BCUT2D eigenvalue weighted by Gasteiger charge is 2.37. The molecule has 0 saturated heterocycles. The first-order valence-electron chi connectivity index (χ1n) is 5.19. The summed E-state index contributed by atoms with van der Waals surface area (Å²) in [6.45, 7) is 0. The van der Waals surface area contributed by atoms with E-state index in [-0.39, 0.29) is 0 Å². The summed E-state index contributed by atoms with van der Waals surface area (Å²) >= 11 is 0. The molecule has 1 aromatic rings. The normalized spacial score (nSPS) is 21.1. The maximum Gasteiger partial charge on any atom is 0.191 e. The average molecular weight is 222 g/mol. The first kappa shape index (κ1) is 11.1. The van der Waals surface area contributed by atoms with Gasteiger partial charge in [-0.2, -0.15) is 10.5 Å². The molecule has 1 aliphatic rings. The van der Waals surface area contributed by atoms with Crippen LogP contribution in [0, 0.1) is 28.1 Å². The van der Waals surface area contributed by atoms with Gasteiger partial charge in [0.25, 0.3) is 0 Å². The minimum Gasteiger partial charge on any atom is -0.386 e. The molecule has 3 heteroatoms. The summed E-state index contributed by atoms with van der Waals surface area (Å²) in [5.74, 6) is 0. The molecule has 0 spiro atoms. The molecule has 0 bridgehead atoms. The van der Waals surface area contributed by atoms with Crippen LogP contribution in [-0.2, 0) is 0 Å². The number of allylic oxidation sites excluding steroid dienone is 2. The van der Waals surface area contributed by atoms with E-state index in [1.165, 1.54) is 6.08 Å². The molecule has 2 rings (SSSR count). The fourth-order valence-corrected chi connectivity index (χ4v) is 1.73. The zero-order valence-corrected chi connectivity index (χ0v) is 9.04. The second-order valence-corrected chi connectivity index (χ2v) is 3.86. The fourth-order valence-electron chi connectivity index (χ4n) is 1.73. The maximum atomic E-state index is 9.88. The highest BCUT2D eigenvalue weighted by Crippen LogP contribution is 2.32. The molecule has 0 heterocycles. The molecule has 17 heavy (non-hydrogen) atoms. The van der Waals surface area contributed by atoms with Crippen molar-refractivity contribution >= 4 is 5.57 Å². The van der Waals surface area contributed by atoms with Gasteiger partial charge in [-0.25, -0.2) is 0 Å². The van der Waals surface area contributed by atoms with Gasteiger partial charge in [-0.05, 0) is 23.3 Å². The lowest BCUT2D eigenvalue weighted by molar-refractivity contribution is 0.168. The van der Waals surface area contributed by atoms with Gasteiger partial charge in [0.15, 0.2) is 5.41 Å². The van der Waals surface area contributed by atoms with Crippen LogP contribution in [0.2, 0.25) is 0 Å². The summed E-state index contributed by atoms with van der Waals surface area (Å²) in [6.07, 6.45) is 3.61. The minimum atomic E-state index is -1.46. The van der Waals surface area contributed by atoms with E-state index in [9.17, 15) is 5.11 Å². The van der Waals surface area contributed by atoms with Crippen LogP contribution in [0.3, 0.4) is 0 Å². The van der Waals surface area contributed by atoms with Gasteiger partial charge in [-0.1, -0.05) is 36.4 Å². The molecule has 0 fully saturated rings. The van der Waals surface area contributed by atoms with Crippen LogP contribution in [0.5, 0.6) is 0 Å². The Morgan fingerprint density at radius 3 is 2.29 bits per heavy atom. The number of nitriles is 2. The highest BCUT2D eigenvalue weighted by atomic mass is 16.3. The largest absolute Gasteiger partial charge is 0.386 e. The van der Waals surface area contributed by atoms with Crippen molar-refractivity contribution in [2.45, 2.75) is 6.10 Å². The van der Waals surface area contributed by atoms with Gasteiger partial charge in [0, 0.05) is 0 Å². The molecule has 0 amide bonds. The molecule has 82 valence electrons. The highest BCUT2D eigenvalue weighted by molar-refractivity contribution is 5.76. The smallest absolute Gasteiger partial charge is 0.191 e. The second-order valence-electron chi connectivity index (χ2n) is 3.86. The first-order valence-corrected chi connectivity index (χ1v) is 5.19. The third-order valence-corrected chi connectivity index (χ3v) is 2.81. The van der Waals surface area contributed by atoms with Crippen LogP contribution < -0.4 is 0 Å². The van der Waals surface area contributed by atoms with Gasteiger partial charge in [-0.3, -0.25) is 0 Å². The number of aliphatic hydroxyl groups is 1. The number of hydrogen-bond donors (Lipinski definition) is 1. The van der Waals surface area contributed by atoms with Crippen LogP contribution in [0.25, 0.3) is 5.57 Å². The molecular formula is C14H10N2O. The lowest BCUT2D eigenvalue weighted by Gasteiger charge is -2.23. The predicted octanol–water partition coefficient (Wildman–Crippen LogP) is 2.03. The molecular weight excluding hydrogens is 212 g/mol. The van der Waals surface area contributed by atoms with Crippen molar-refractivity contribution in [3.8, 4) is 12.1 Å². The number of nitrogens with zero attached hydrogens (tertiary/aromatic N) is 2. The van der Waals surface area contributed by atoms with Crippen molar-refractivity contribution in [3.63, 3.8) is 0 Å². The van der Waals surface area contributed by atoms with Crippen molar-refractivity contribution in [2.24, 2.45) is 5.41 Å². The van der Waals surface area contributed by atoms with Crippen LogP contribution in [-0.4, -0.2) is 11.2 Å². The summed E-state index contributed by atoms with van der Waals surface area (Å²) in [7, 11) is 0. The summed E-state index contributed by atoms with van der Waals surface area (Å²) in [5, 5.41) is 27.8. The molecule has 0 saturated carbocycles. The quantitative estimate of drug-likeness (QED) is 0.790. The van der Waals surface area contributed by atoms with Gasteiger partial charge in [0.1, 0.15) is 6.10 Å². The topological polar surface area (TPSA) is 67.8 Å². The van der Waals surface area contributed by atoms with Crippen molar-refractivity contribution in [1.29, 1.82) is 10.5 Å². The van der Waals surface area contributed by atoms with E-state index in [2.05, 4.69) is 0 Å². The van der Waals surface area contributed by atoms with E-state index in [4.69, 9.17) is 10.5 Å². The van der Waals surface area contributed by atoms with Gasteiger partial charge >= 0.3 is 0 Å². The lowest BCUT2D eigenvalue weighted by atomic mass is 9.79. The Balaban J connectivity index is 2.38. The summed E-state index contributed by atoms with van der Waals surface area (Å²) in [5.41, 5.74) is 0.310. The Kier molecular flexibility index (Phi) is 2.78. The van der Waals surface area contributed by atoms with Crippen molar-refractivity contribution in [3.05, 3.63) is 54.1 Å². The fraction of sp³-hybridized carbons (Fsp3) is 0.143. The molecule has 1 aromatic carbocycles. The van der Waals surface area contributed by atoms with E-state index < -0.39 is 11.5 Å². The summed E-state index contributed by atoms with van der Waals surface area (Å²) in [6, 6.07) is 13.2. The van der Waals surface area contributed by atoms with Gasteiger partial charge in [0.2, 0.25) is 0 Å². The molecule has 1 unspecified atom stereocenters. The molecule has 1 atom stereocenters. The summed E-state index contributed by atoms with van der Waals surface area (Å²) in [4.78, 5) is 0. The lowest BCUT2D eigenvalue weighted by Crippen LogP contribution is -2.30.